The molecule has 1 aliphatic rings. The van der Waals surface area contributed by atoms with Gasteiger partial charge < -0.3 is 29.9 Å². The lowest BCUT2D eigenvalue weighted by molar-refractivity contribution is 0.0580. The molecule has 5 rings (SSSR count). The van der Waals surface area contributed by atoms with E-state index in [1.807, 2.05) is 50.8 Å². The number of phenols is 1. The first-order valence-electron chi connectivity index (χ1n) is 14.6. The van der Waals surface area contributed by atoms with Crippen LogP contribution in [0.4, 0.5) is 33.5 Å². The highest BCUT2D eigenvalue weighted by Gasteiger charge is 2.33. The van der Waals surface area contributed by atoms with E-state index in [4.69, 9.17) is 14.6 Å². The van der Waals surface area contributed by atoms with Gasteiger partial charge in [-0.15, -0.1) is 0 Å². The van der Waals surface area contributed by atoms with E-state index in [2.05, 4.69) is 15.3 Å². The molecule has 44 heavy (non-hydrogen) atoms. The molecule has 12 nitrogen and oxygen atoms in total. The van der Waals surface area contributed by atoms with E-state index in [0.29, 0.717) is 60.8 Å². The number of ether oxygens (including phenoxy) is 2. The van der Waals surface area contributed by atoms with Crippen molar-refractivity contribution in [3.63, 3.8) is 0 Å². The number of rotatable bonds is 9. The molecule has 4 aromatic rings. The molecule has 0 unspecified atom stereocenters. The lowest BCUT2D eigenvalue weighted by Gasteiger charge is -2.39. The van der Waals surface area contributed by atoms with Gasteiger partial charge in [-0.05, 0) is 63.9 Å². The Morgan fingerprint density at radius 3 is 2.61 bits per heavy atom. The van der Waals surface area contributed by atoms with Gasteiger partial charge in [-0.3, -0.25) is 14.3 Å². The maximum atomic E-state index is 14.2. The van der Waals surface area contributed by atoms with Crippen molar-refractivity contribution in [2.24, 2.45) is 0 Å². The summed E-state index contributed by atoms with van der Waals surface area (Å²) in [4.78, 5) is 40.2. The summed E-state index contributed by atoms with van der Waals surface area (Å²) in [6.45, 7) is 8.93. The van der Waals surface area contributed by atoms with Crippen LogP contribution in [0.2, 0.25) is 0 Å². The van der Waals surface area contributed by atoms with E-state index in [1.54, 1.807) is 46.0 Å². The first kappa shape index (κ1) is 30.8. The molecule has 2 aromatic heterocycles. The number of hydrogen-bond donors (Lipinski definition) is 3. The van der Waals surface area contributed by atoms with Crippen LogP contribution < -0.4 is 20.7 Å². The first-order valence-corrected chi connectivity index (χ1v) is 14.6. The topological polar surface area (TPSA) is 142 Å². The molecule has 0 aliphatic carbocycles. The van der Waals surface area contributed by atoms with Gasteiger partial charge in [-0.2, -0.15) is 4.98 Å². The van der Waals surface area contributed by atoms with Gasteiger partial charge in [0.25, 0.3) is 5.56 Å². The Balaban J connectivity index is 1.57. The summed E-state index contributed by atoms with van der Waals surface area (Å²) in [7, 11) is 0. The average Bonchev–Trinajstić information content (AvgIpc) is 2.97. The number of aromatic nitrogens is 3. The van der Waals surface area contributed by atoms with Crippen molar-refractivity contribution in [3.8, 4) is 5.75 Å². The minimum absolute atomic E-state index is 0.0796. The average molecular weight is 603 g/mol. The molecule has 0 saturated heterocycles. The van der Waals surface area contributed by atoms with E-state index in [-0.39, 0.29) is 30.5 Å². The van der Waals surface area contributed by atoms with Crippen molar-refractivity contribution in [1.29, 1.82) is 0 Å². The fourth-order valence-corrected chi connectivity index (χ4v) is 5.20. The first-order chi connectivity index (χ1) is 21.1. The number of pyridine rings is 1. The number of aryl methyl sites for hydroxylation is 2. The Kier molecular flexibility index (Phi) is 9.02. The number of aromatic hydroxyl groups is 1. The number of anilines is 5. The predicted octanol–water partition coefficient (Wildman–Crippen LogP) is 4.84. The molecule has 2 aromatic carbocycles. The number of fused-ring (bicyclic) bond motifs is 2. The Bertz CT molecular complexity index is 1720. The van der Waals surface area contributed by atoms with Crippen LogP contribution in [-0.2, 0) is 16.0 Å². The zero-order valence-electron chi connectivity index (χ0n) is 25.4. The largest absolute Gasteiger partial charge is 0.508 e. The number of amides is 1. The van der Waals surface area contributed by atoms with Gasteiger partial charge in [0.1, 0.15) is 22.7 Å². The minimum Gasteiger partial charge on any atom is -0.508 e. The van der Waals surface area contributed by atoms with E-state index >= 15 is 0 Å². The van der Waals surface area contributed by atoms with Gasteiger partial charge in [0.05, 0.1) is 24.6 Å². The van der Waals surface area contributed by atoms with E-state index < -0.39 is 11.7 Å². The van der Waals surface area contributed by atoms with Crippen molar-refractivity contribution in [3.05, 3.63) is 70.6 Å². The normalized spacial score (nSPS) is 13.2. The Labute approximate surface area is 255 Å². The van der Waals surface area contributed by atoms with Gasteiger partial charge >= 0.3 is 6.09 Å². The molecule has 3 heterocycles. The van der Waals surface area contributed by atoms with Gasteiger partial charge in [-0.1, -0.05) is 18.2 Å². The number of aliphatic hydroxyl groups is 1. The van der Waals surface area contributed by atoms with E-state index in [1.165, 1.54) is 0 Å². The molecule has 0 bridgehead atoms. The summed E-state index contributed by atoms with van der Waals surface area (Å²) in [6, 6.07) is 14.1. The fraction of sp³-hybridized carbons (Fsp3) is 0.375. The van der Waals surface area contributed by atoms with Crippen molar-refractivity contribution in [2.75, 3.05) is 48.0 Å². The van der Waals surface area contributed by atoms with Crippen LogP contribution >= 0.6 is 0 Å². The second-order valence-electron chi connectivity index (χ2n) is 11.6. The van der Waals surface area contributed by atoms with Crippen molar-refractivity contribution in [1.82, 2.24) is 14.5 Å². The highest BCUT2D eigenvalue weighted by molar-refractivity contribution is 5.97. The van der Waals surface area contributed by atoms with Crippen LogP contribution in [0, 0.1) is 6.92 Å². The maximum Gasteiger partial charge on any atom is 0.414 e. The van der Waals surface area contributed by atoms with Crippen molar-refractivity contribution >= 4 is 45.8 Å². The number of para-hydroxylation sites is 1. The summed E-state index contributed by atoms with van der Waals surface area (Å²) in [6.07, 6.45) is 1.73. The van der Waals surface area contributed by atoms with E-state index in [0.717, 1.165) is 11.3 Å². The van der Waals surface area contributed by atoms with Gasteiger partial charge in [0.15, 0.2) is 0 Å². The minimum atomic E-state index is -0.654. The van der Waals surface area contributed by atoms with Crippen molar-refractivity contribution in [2.45, 2.75) is 46.3 Å². The summed E-state index contributed by atoms with van der Waals surface area (Å²) >= 11 is 0. The quantitative estimate of drug-likeness (QED) is 0.228. The molecule has 3 N–H and O–H groups in total. The monoisotopic (exact) mass is 602 g/mol. The third-order valence-corrected chi connectivity index (χ3v) is 7.05. The second-order valence-corrected chi connectivity index (χ2v) is 11.6. The number of hydrogen-bond acceptors (Lipinski definition) is 10. The molecule has 0 saturated carbocycles. The van der Waals surface area contributed by atoms with Crippen LogP contribution in [0.25, 0.3) is 11.0 Å². The van der Waals surface area contributed by atoms with Crippen LogP contribution in [-0.4, -0.2) is 69.4 Å². The Morgan fingerprint density at radius 2 is 1.86 bits per heavy atom. The summed E-state index contributed by atoms with van der Waals surface area (Å²) in [5.41, 5.74) is 2.86. The maximum absolute atomic E-state index is 14.2. The molecule has 1 amide bonds. The zero-order chi connectivity index (χ0) is 31.4. The lowest BCUT2D eigenvalue weighted by Crippen LogP contribution is -2.46. The highest BCUT2D eigenvalue weighted by Crippen LogP contribution is 2.40. The molecule has 0 atom stereocenters. The number of aliphatic hydroxyl groups excluding tert-OH is 1. The van der Waals surface area contributed by atoms with E-state index in [9.17, 15) is 14.7 Å². The van der Waals surface area contributed by atoms with Gasteiger partial charge in [-0.25, -0.2) is 9.78 Å². The standard InChI is InChI=1S/C32H38N6O6/c1-21-8-5-11-25-27(21)37(31(42)44-32(2,3)4)14-13-36(25)26-18-22-20-33-30(34-23-9-6-10-24(40)19-23)35-28(22)38(29(26)41)12-7-16-43-17-15-39/h5-6,8-11,18-20,39-40H,7,12-17H2,1-4H3,(H,33,34,35). The number of phenolic OH excluding ortho intramolecular Hbond substituents is 1. The third-order valence-electron chi connectivity index (χ3n) is 7.05. The number of benzene rings is 2. The number of nitrogens with zero attached hydrogens (tertiary/aromatic N) is 5. The molecule has 0 fully saturated rings. The van der Waals surface area contributed by atoms with Crippen LogP contribution in [0.3, 0.4) is 0 Å². The summed E-state index contributed by atoms with van der Waals surface area (Å²) < 4.78 is 12.8. The van der Waals surface area contributed by atoms with Gasteiger partial charge in [0, 0.05) is 49.6 Å². The van der Waals surface area contributed by atoms with Crippen molar-refractivity contribution < 1.29 is 24.5 Å². The predicted molar refractivity (Wildman–Crippen MR) is 169 cm³/mol. The SMILES string of the molecule is Cc1cccc2c1N(C(=O)OC(C)(C)C)CCN2c1cc2cnc(Nc3cccc(O)c3)nc2n(CCCOCCO)c1=O. The second kappa shape index (κ2) is 12.9. The van der Waals surface area contributed by atoms with Crippen LogP contribution in [0.5, 0.6) is 5.75 Å². The number of nitrogens with one attached hydrogen (secondary N) is 1. The molecule has 0 spiro atoms. The Hall–Kier alpha value is -4.68. The van der Waals surface area contributed by atoms with Crippen LogP contribution in [0.15, 0.2) is 59.5 Å². The summed E-state index contributed by atoms with van der Waals surface area (Å²) in [5.74, 6) is 0.370. The molecular formula is C32H38N6O6. The smallest absolute Gasteiger partial charge is 0.414 e. The van der Waals surface area contributed by atoms with Gasteiger partial charge in [0.2, 0.25) is 5.95 Å². The summed E-state index contributed by atoms with van der Waals surface area (Å²) in [5, 5.41) is 22.7. The zero-order valence-corrected chi connectivity index (χ0v) is 25.4. The molecule has 232 valence electrons. The molecular weight excluding hydrogens is 564 g/mol. The molecule has 1 aliphatic heterocycles. The third kappa shape index (κ3) is 6.76. The molecule has 12 heteroatoms. The highest BCUT2D eigenvalue weighted by atomic mass is 16.6. The molecule has 0 radical (unpaired) electrons. The fourth-order valence-electron chi connectivity index (χ4n) is 5.20. The lowest BCUT2D eigenvalue weighted by atomic mass is 10.1. The Morgan fingerprint density at radius 1 is 1.07 bits per heavy atom. The van der Waals surface area contributed by atoms with Crippen LogP contribution in [0.1, 0.15) is 32.8 Å². The number of carbonyl (C=O) groups is 1. The number of carbonyl (C=O) groups excluding carboxylic acids is 1.